The van der Waals surface area contributed by atoms with Crippen molar-refractivity contribution in [1.29, 1.82) is 0 Å². The Labute approximate surface area is 190 Å². The van der Waals surface area contributed by atoms with E-state index in [1.807, 2.05) is 6.07 Å². The van der Waals surface area contributed by atoms with Crippen molar-refractivity contribution in [2.24, 2.45) is 5.41 Å². The Morgan fingerprint density at radius 1 is 1.19 bits per heavy atom. The standard InChI is InChI=1S/C24H21ClN4O3/c1-24(2)11-18-20(19(30)12-24)21(29-23(28-18)26-13-27-29)15-4-3-5-17(10-15)32-22(31)14-6-8-16(25)9-7-14/h3-10,13,21H,11-12H2,1-2H3,(H,26,27,28). The van der Waals surface area contributed by atoms with E-state index in [0.29, 0.717) is 34.3 Å². The van der Waals surface area contributed by atoms with E-state index in [9.17, 15) is 9.59 Å². The summed E-state index contributed by atoms with van der Waals surface area (Å²) in [5, 5.41) is 8.19. The molecule has 0 saturated carbocycles. The zero-order chi connectivity index (χ0) is 22.5. The van der Waals surface area contributed by atoms with Gasteiger partial charge in [-0.25, -0.2) is 9.48 Å². The number of allylic oxidation sites excluding steroid dienone is 2. The van der Waals surface area contributed by atoms with Crippen LogP contribution in [-0.2, 0) is 4.79 Å². The van der Waals surface area contributed by atoms with Crippen LogP contribution in [0.25, 0.3) is 0 Å². The van der Waals surface area contributed by atoms with E-state index in [0.717, 1.165) is 17.7 Å². The highest BCUT2D eigenvalue weighted by Crippen LogP contribution is 2.45. The van der Waals surface area contributed by atoms with Gasteiger partial charge in [0.15, 0.2) is 5.78 Å². The molecule has 2 aromatic carbocycles. The lowest BCUT2D eigenvalue weighted by Crippen LogP contribution is -2.36. The van der Waals surface area contributed by atoms with E-state index >= 15 is 0 Å². The number of carbonyl (C=O) groups excluding carboxylic acids is 2. The Hall–Kier alpha value is -3.45. The van der Waals surface area contributed by atoms with Crippen molar-refractivity contribution < 1.29 is 14.3 Å². The van der Waals surface area contributed by atoms with Gasteiger partial charge in [-0.1, -0.05) is 37.6 Å². The fourth-order valence-electron chi connectivity index (χ4n) is 4.36. The molecule has 5 rings (SSSR count). The summed E-state index contributed by atoms with van der Waals surface area (Å²) in [6.45, 7) is 4.17. The summed E-state index contributed by atoms with van der Waals surface area (Å²) in [7, 11) is 0. The van der Waals surface area contributed by atoms with Crippen molar-refractivity contribution in [2.75, 3.05) is 5.32 Å². The van der Waals surface area contributed by atoms with Gasteiger partial charge in [-0.05, 0) is 53.8 Å². The van der Waals surface area contributed by atoms with Crippen LogP contribution in [0.2, 0.25) is 5.02 Å². The van der Waals surface area contributed by atoms with E-state index in [1.165, 1.54) is 6.33 Å². The fraction of sp³-hybridized carbons (Fsp3) is 0.250. The molecule has 0 saturated heterocycles. The number of nitrogens with zero attached hydrogens (tertiary/aromatic N) is 3. The first-order valence-electron chi connectivity index (χ1n) is 10.3. The van der Waals surface area contributed by atoms with Crippen LogP contribution in [0.15, 0.2) is 66.1 Å². The molecule has 1 aliphatic heterocycles. The van der Waals surface area contributed by atoms with Gasteiger partial charge in [0.2, 0.25) is 5.95 Å². The molecular formula is C24H21ClN4O3. The molecule has 0 amide bonds. The van der Waals surface area contributed by atoms with Gasteiger partial charge in [-0.3, -0.25) is 4.79 Å². The molecule has 2 heterocycles. The first-order chi connectivity index (χ1) is 15.3. The number of benzene rings is 2. The predicted octanol–water partition coefficient (Wildman–Crippen LogP) is 4.81. The number of aromatic nitrogens is 3. The van der Waals surface area contributed by atoms with Gasteiger partial charge < -0.3 is 10.1 Å². The Morgan fingerprint density at radius 3 is 2.75 bits per heavy atom. The molecule has 0 radical (unpaired) electrons. The largest absolute Gasteiger partial charge is 0.423 e. The number of ketones is 1. The minimum absolute atomic E-state index is 0.0819. The van der Waals surface area contributed by atoms with Crippen molar-refractivity contribution in [2.45, 2.75) is 32.7 Å². The molecule has 1 atom stereocenters. The van der Waals surface area contributed by atoms with Crippen molar-refractivity contribution in [3.05, 3.63) is 82.3 Å². The number of Topliss-reactive ketones (excluding diaryl/α,β-unsaturated/α-hetero) is 1. The maximum atomic E-state index is 13.2. The summed E-state index contributed by atoms with van der Waals surface area (Å²) in [6, 6.07) is 13.2. The van der Waals surface area contributed by atoms with Gasteiger partial charge in [0, 0.05) is 22.7 Å². The molecule has 0 bridgehead atoms. The normalized spacial score (nSPS) is 19.1. The number of anilines is 1. The van der Waals surface area contributed by atoms with Gasteiger partial charge in [0.05, 0.1) is 5.56 Å². The van der Waals surface area contributed by atoms with Gasteiger partial charge in [-0.15, -0.1) is 0 Å². The molecule has 0 fully saturated rings. The molecule has 3 aromatic rings. The number of nitrogens with one attached hydrogen (secondary N) is 1. The first kappa shape index (κ1) is 20.5. The minimum atomic E-state index is -0.485. The summed E-state index contributed by atoms with van der Waals surface area (Å²) < 4.78 is 7.30. The molecule has 1 unspecified atom stereocenters. The predicted molar refractivity (Wildman–Crippen MR) is 120 cm³/mol. The van der Waals surface area contributed by atoms with E-state index in [2.05, 4.69) is 29.2 Å². The van der Waals surface area contributed by atoms with E-state index in [4.69, 9.17) is 16.3 Å². The lowest BCUT2D eigenvalue weighted by Gasteiger charge is -2.38. The summed E-state index contributed by atoms with van der Waals surface area (Å²) >= 11 is 5.90. The number of rotatable bonds is 3. The first-order valence-corrected chi connectivity index (χ1v) is 10.7. The lowest BCUT2D eigenvalue weighted by atomic mass is 9.73. The second-order valence-electron chi connectivity index (χ2n) is 8.86. The molecule has 8 heteroatoms. The topological polar surface area (TPSA) is 86.1 Å². The average Bonchev–Trinajstić information content (AvgIpc) is 3.20. The van der Waals surface area contributed by atoms with Crippen LogP contribution >= 0.6 is 11.6 Å². The summed E-state index contributed by atoms with van der Waals surface area (Å²) in [5.74, 6) is 0.565. The van der Waals surface area contributed by atoms with Gasteiger partial charge in [0.25, 0.3) is 0 Å². The minimum Gasteiger partial charge on any atom is -0.423 e. The maximum absolute atomic E-state index is 13.2. The van der Waals surface area contributed by atoms with Crippen LogP contribution in [0.1, 0.15) is 48.7 Å². The third-order valence-corrected chi connectivity index (χ3v) is 5.99. The van der Waals surface area contributed by atoms with Crippen molar-refractivity contribution in [1.82, 2.24) is 14.8 Å². The molecule has 1 aliphatic carbocycles. The third kappa shape index (κ3) is 3.69. The molecule has 162 valence electrons. The van der Waals surface area contributed by atoms with Crippen LogP contribution in [0.4, 0.5) is 5.95 Å². The summed E-state index contributed by atoms with van der Waals surface area (Å²) in [6.07, 6.45) is 2.66. The van der Waals surface area contributed by atoms with Crippen molar-refractivity contribution in [3.63, 3.8) is 0 Å². The fourth-order valence-corrected chi connectivity index (χ4v) is 4.48. The van der Waals surface area contributed by atoms with Gasteiger partial charge in [-0.2, -0.15) is 10.1 Å². The van der Waals surface area contributed by atoms with Crippen LogP contribution in [-0.4, -0.2) is 26.5 Å². The molecule has 1 aromatic heterocycles. The number of esters is 1. The van der Waals surface area contributed by atoms with Crippen molar-refractivity contribution in [3.8, 4) is 5.75 Å². The molecular weight excluding hydrogens is 428 g/mol. The third-order valence-electron chi connectivity index (χ3n) is 5.74. The Bertz CT molecular complexity index is 1260. The zero-order valence-corrected chi connectivity index (χ0v) is 18.4. The highest BCUT2D eigenvalue weighted by atomic mass is 35.5. The Balaban J connectivity index is 1.51. The van der Waals surface area contributed by atoms with Gasteiger partial charge in [0.1, 0.15) is 18.1 Å². The Morgan fingerprint density at radius 2 is 1.97 bits per heavy atom. The molecule has 1 N–H and O–H groups in total. The lowest BCUT2D eigenvalue weighted by molar-refractivity contribution is -0.118. The highest BCUT2D eigenvalue weighted by Gasteiger charge is 2.41. The zero-order valence-electron chi connectivity index (χ0n) is 17.6. The molecule has 2 aliphatic rings. The average molecular weight is 449 g/mol. The number of ether oxygens (including phenoxy) is 1. The summed E-state index contributed by atoms with van der Waals surface area (Å²) in [4.78, 5) is 30.0. The van der Waals surface area contributed by atoms with Crippen LogP contribution < -0.4 is 10.1 Å². The quantitative estimate of drug-likeness (QED) is 0.457. The summed E-state index contributed by atoms with van der Waals surface area (Å²) in [5.41, 5.74) is 2.62. The van der Waals surface area contributed by atoms with E-state index < -0.39 is 12.0 Å². The number of fused-ring (bicyclic) bond motifs is 1. The van der Waals surface area contributed by atoms with E-state index in [1.54, 1.807) is 47.1 Å². The van der Waals surface area contributed by atoms with Gasteiger partial charge >= 0.3 is 5.97 Å². The molecule has 7 nitrogen and oxygen atoms in total. The van der Waals surface area contributed by atoms with Crippen molar-refractivity contribution >= 4 is 29.3 Å². The second-order valence-corrected chi connectivity index (χ2v) is 9.29. The number of carbonyl (C=O) groups is 2. The second kappa shape index (κ2) is 7.60. The highest BCUT2D eigenvalue weighted by molar-refractivity contribution is 6.30. The SMILES string of the molecule is CC1(C)CC(=O)C2=C(C1)Nc1ncnn1C2c1cccc(OC(=O)c2ccc(Cl)cc2)c1. The number of halogens is 1. The smallest absolute Gasteiger partial charge is 0.343 e. The monoisotopic (exact) mass is 448 g/mol. The molecule has 0 spiro atoms. The number of hydrogen-bond donors (Lipinski definition) is 1. The Kier molecular flexibility index (Phi) is 4.86. The van der Waals surface area contributed by atoms with Crippen LogP contribution in [0.5, 0.6) is 5.75 Å². The van der Waals surface area contributed by atoms with E-state index in [-0.39, 0.29) is 11.2 Å². The number of hydrogen-bond acceptors (Lipinski definition) is 6. The van der Waals surface area contributed by atoms with Crippen LogP contribution in [0.3, 0.4) is 0 Å². The molecule has 32 heavy (non-hydrogen) atoms. The maximum Gasteiger partial charge on any atom is 0.343 e. The van der Waals surface area contributed by atoms with Crippen LogP contribution in [0, 0.1) is 5.41 Å².